The standard InChI is InChI=1S/C48H54N2O10S2/c1-55-37-21-25-12-16-33(31-23-35(51)39(61-7)18-14-29(31)41(25)45(59-5)43(37)57-3)49-47(53)27-10-9-11-28(20-27)48(54)50-34-17-13-26-22-38(56-2)44(58-4)46(60-6)42(26)30-15-19-40(62-8)36(52)24-32(30)34/h14-15,18-19,21-24,27-28,33-34H,9-13,16-17,20H2,1-8H3,(H,49,53)(H,50,54)/t27-,28+,33-,34-/m0/s1. The second-order valence-corrected chi connectivity index (χ2v) is 17.4. The zero-order valence-electron chi connectivity index (χ0n) is 36.5. The van der Waals surface area contributed by atoms with Gasteiger partial charge in [0.25, 0.3) is 0 Å². The minimum absolute atomic E-state index is 0.141. The smallest absolute Gasteiger partial charge is 0.223 e. The van der Waals surface area contributed by atoms with Gasteiger partial charge in [0.2, 0.25) is 23.3 Å². The summed E-state index contributed by atoms with van der Waals surface area (Å²) in [4.78, 5) is 57.1. The highest BCUT2D eigenvalue weighted by Crippen LogP contribution is 2.52. The van der Waals surface area contributed by atoms with Crippen LogP contribution >= 0.6 is 23.5 Å². The third kappa shape index (κ3) is 8.43. The van der Waals surface area contributed by atoms with Gasteiger partial charge in [0.15, 0.2) is 33.9 Å². The van der Waals surface area contributed by atoms with Crippen LogP contribution in [0.4, 0.5) is 0 Å². The summed E-state index contributed by atoms with van der Waals surface area (Å²) in [6.07, 6.45) is 8.19. The first-order valence-corrected chi connectivity index (χ1v) is 23.2. The molecule has 1 saturated carbocycles. The van der Waals surface area contributed by atoms with Crippen LogP contribution in [0.2, 0.25) is 0 Å². The maximum Gasteiger partial charge on any atom is 0.223 e. The fraction of sp³-hybridized carbons (Fsp3) is 0.417. The molecule has 4 atom stereocenters. The van der Waals surface area contributed by atoms with Crippen molar-refractivity contribution >= 4 is 35.3 Å². The molecule has 0 spiro atoms. The van der Waals surface area contributed by atoms with Crippen LogP contribution in [-0.2, 0) is 22.4 Å². The molecule has 0 radical (unpaired) electrons. The van der Waals surface area contributed by atoms with Gasteiger partial charge in [-0.05, 0) is 127 Å². The molecule has 0 saturated heterocycles. The number of thioether (sulfide) groups is 2. The molecule has 7 rings (SSSR count). The van der Waals surface area contributed by atoms with E-state index in [1.54, 1.807) is 54.8 Å². The lowest BCUT2D eigenvalue weighted by Crippen LogP contribution is -2.41. The summed E-state index contributed by atoms with van der Waals surface area (Å²) in [5, 5.41) is 6.65. The van der Waals surface area contributed by atoms with Crippen molar-refractivity contribution < 1.29 is 38.0 Å². The summed E-state index contributed by atoms with van der Waals surface area (Å²) in [5.74, 6) is 1.73. The van der Waals surface area contributed by atoms with E-state index >= 15 is 0 Å². The Hall–Kier alpha value is -5.34. The van der Waals surface area contributed by atoms with Crippen LogP contribution < -0.4 is 49.9 Å². The van der Waals surface area contributed by atoms with E-state index in [-0.39, 0.29) is 22.7 Å². The predicted octanol–water partition coefficient (Wildman–Crippen LogP) is 7.95. The van der Waals surface area contributed by atoms with Crippen LogP contribution in [0.15, 0.2) is 67.9 Å². The first-order valence-electron chi connectivity index (χ1n) is 20.7. The van der Waals surface area contributed by atoms with Crippen molar-refractivity contribution in [1.82, 2.24) is 10.6 Å². The Labute approximate surface area is 370 Å². The van der Waals surface area contributed by atoms with Crippen molar-refractivity contribution in [2.24, 2.45) is 11.8 Å². The van der Waals surface area contributed by atoms with E-state index in [9.17, 15) is 19.2 Å². The van der Waals surface area contributed by atoms with Gasteiger partial charge < -0.3 is 39.1 Å². The molecule has 12 nitrogen and oxygen atoms in total. The normalized spacial score (nSPS) is 18.8. The van der Waals surface area contributed by atoms with Crippen LogP contribution in [0.5, 0.6) is 34.5 Å². The molecule has 0 aromatic heterocycles. The molecule has 4 aromatic rings. The van der Waals surface area contributed by atoms with Crippen LogP contribution in [0.3, 0.4) is 0 Å². The summed E-state index contributed by atoms with van der Waals surface area (Å²) < 4.78 is 34.8. The van der Waals surface area contributed by atoms with Crippen molar-refractivity contribution in [3.63, 3.8) is 0 Å². The zero-order valence-corrected chi connectivity index (χ0v) is 38.1. The average molecular weight is 883 g/mol. The summed E-state index contributed by atoms with van der Waals surface area (Å²) >= 11 is 2.73. The molecule has 1 fully saturated rings. The number of aryl methyl sites for hydroxylation is 2. The van der Waals surface area contributed by atoms with Crippen molar-refractivity contribution in [1.29, 1.82) is 0 Å². The molecule has 2 amide bonds. The van der Waals surface area contributed by atoms with Gasteiger partial charge in [0.1, 0.15) is 0 Å². The van der Waals surface area contributed by atoms with Crippen molar-refractivity contribution in [3.05, 3.63) is 91.2 Å². The second-order valence-electron chi connectivity index (χ2n) is 15.7. The topological polar surface area (TPSA) is 148 Å². The molecule has 328 valence electrons. The fourth-order valence-corrected chi connectivity index (χ4v) is 10.4. The van der Waals surface area contributed by atoms with Gasteiger partial charge in [0, 0.05) is 23.0 Å². The molecule has 2 N–H and O–H groups in total. The van der Waals surface area contributed by atoms with Gasteiger partial charge >= 0.3 is 0 Å². The third-order valence-corrected chi connectivity index (χ3v) is 14.0. The Morgan fingerprint density at radius 3 is 1.31 bits per heavy atom. The maximum atomic E-state index is 14.4. The lowest BCUT2D eigenvalue weighted by molar-refractivity contribution is -0.131. The highest BCUT2D eigenvalue weighted by Gasteiger charge is 2.36. The third-order valence-electron chi connectivity index (χ3n) is 12.5. The van der Waals surface area contributed by atoms with Gasteiger partial charge in [-0.25, -0.2) is 0 Å². The Kier molecular flexibility index (Phi) is 14.0. The van der Waals surface area contributed by atoms with Crippen molar-refractivity contribution in [2.45, 2.75) is 73.2 Å². The number of methoxy groups -OCH3 is 6. The number of hydrogen-bond donors (Lipinski definition) is 2. The number of hydrogen-bond acceptors (Lipinski definition) is 12. The Balaban J connectivity index is 1.17. The largest absolute Gasteiger partial charge is 0.493 e. The Morgan fingerprint density at radius 1 is 0.548 bits per heavy atom. The predicted molar refractivity (Wildman–Crippen MR) is 243 cm³/mol. The molecule has 0 bridgehead atoms. The van der Waals surface area contributed by atoms with Gasteiger partial charge in [0.05, 0.1) is 64.5 Å². The second kappa shape index (κ2) is 19.4. The van der Waals surface area contributed by atoms with E-state index in [0.29, 0.717) is 107 Å². The molecule has 0 heterocycles. The summed E-state index contributed by atoms with van der Waals surface area (Å²) in [6, 6.07) is 13.6. The molecule has 3 aliphatic carbocycles. The molecule has 3 aliphatic rings. The number of carbonyl (C=O) groups is 2. The minimum Gasteiger partial charge on any atom is -0.493 e. The number of fused-ring (bicyclic) bond motifs is 6. The van der Waals surface area contributed by atoms with E-state index in [1.165, 1.54) is 23.5 Å². The monoisotopic (exact) mass is 882 g/mol. The van der Waals surface area contributed by atoms with E-state index in [1.807, 2.05) is 48.9 Å². The first kappa shape index (κ1) is 44.7. The number of nitrogens with one attached hydrogen (secondary N) is 2. The number of amides is 2. The molecular weight excluding hydrogens is 829 g/mol. The Bertz CT molecular complexity index is 2340. The zero-order chi connectivity index (χ0) is 44.2. The van der Waals surface area contributed by atoms with E-state index in [0.717, 1.165) is 33.4 Å². The summed E-state index contributed by atoms with van der Waals surface area (Å²) in [6.45, 7) is 0. The van der Waals surface area contributed by atoms with Crippen molar-refractivity contribution in [2.75, 3.05) is 55.2 Å². The lowest BCUT2D eigenvalue weighted by Gasteiger charge is -2.30. The van der Waals surface area contributed by atoms with Crippen molar-refractivity contribution in [3.8, 4) is 56.8 Å². The number of rotatable bonds is 12. The minimum atomic E-state index is -0.498. The number of benzene rings is 2. The van der Waals surface area contributed by atoms with Crippen LogP contribution in [0.1, 0.15) is 72.9 Å². The Morgan fingerprint density at radius 2 is 0.952 bits per heavy atom. The molecular formula is C48H54N2O10S2. The van der Waals surface area contributed by atoms with E-state index in [2.05, 4.69) is 10.6 Å². The quantitative estimate of drug-likeness (QED) is 0.133. The summed E-state index contributed by atoms with van der Waals surface area (Å²) in [5.41, 5.74) is 6.08. The molecule has 0 unspecified atom stereocenters. The molecule has 0 aliphatic heterocycles. The fourth-order valence-electron chi connectivity index (χ4n) is 9.48. The lowest BCUT2D eigenvalue weighted by atomic mass is 9.80. The molecule has 62 heavy (non-hydrogen) atoms. The highest BCUT2D eigenvalue weighted by atomic mass is 32.2. The van der Waals surface area contributed by atoms with Crippen LogP contribution in [0.25, 0.3) is 22.3 Å². The van der Waals surface area contributed by atoms with Crippen LogP contribution in [-0.4, -0.2) is 67.0 Å². The SMILES string of the molecule is COc1cc2c(c(OC)c1OC)-c1ccc(SC)c(=O)cc1[C@@H](NC(=O)[C@@H]1CCC[C@H](C(=O)N[C@H]3CCc4cc(OC)c(OC)c(OC)c4-c4ccc(SC)c(=O)cc43)C1)CC2. The maximum absolute atomic E-state index is 14.4. The van der Waals surface area contributed by atoms with E-state index < -0.39 is 23.9 Å². The van der Waals surface area contributed by atoms with Gasteiger partial charge in [-0.2, -0.15) is 0 Å². The number of ether oxygens (including phenoxy) is 6. The van der Waals surface area contributed by atoms with Gasteiger partial charge in [-0.1, -0.05) is 18.6 Å². The summed E-state index contributed by atoms with van der Waals surface area (Å²) in [7, 11) is 9.43. The van der Waals surface area contributed by atoms with Gasteiger partial charge in [-0.3, -0.25) is 19.2 Å². The van der Waals surface area contributed by atoms with E-state index in [4.69, 9.17) is 28.4 Å². The molecule has 14 heteroatoms. The average Bonchev–Trinajstić information content (AvgIpc) is 3.69. The van der Waals surface area contributed by atoms with Crippen LogP contribution in [0, 0.1) is 11.8 Å². The number of carbonyl (C=O) groups excluding carboxylic acids is 2. The first-order chi connectivity index (χ1) is 30.0. The van der Waals surface area contributed by atoms with Gasteiger partial charge in [-0.15, -0.1) is 23.5 Å². The highest BCUT2D eigenvalue weighted by molar-refractivity contribution is 7.98. The molecule has 4 aromatic carbocycles.